The first-order chi connectivity index (χ1) is 9.88. The molecular weight excluding hydrogens is 270 g/mol. The van der Waals surface area contributed by atoms with Gasteiger partial charge >= 0.3 is 0 Å². The summed E-state index contributed by atoms with van der Waals surface area (Å²) in [6, 6.07) is 6.75. The summed E-state index contributed by atoms with van der Waals surface area (Å²) in [4.78, 5) is 24.7. The van der Waals surface area contributed by atoms with E-state index in [4.69, 9.17) is 0 Å². The molecule has 0 saturated carbocycles. The number of hydrogen-bond donors (Lipinski definition) is 2. The first-order valence-corrected chi connectivity index (χ1v) is 6.84. The molecule has 112 valence electrons. The highest BCUT2D eigenvalue weighted by atomic mass is 16.3. The topological polar surface area (TPSA) is 77.8 Å². The summed E-state index contributed by atoms with van der Waals surface area (Å²) in [5.41, 5.74) is 1.86. The lowest BCUT2D eigenvalue weighted by atomic mass is 9.94. The number of Topliss-reactive ketones (excluding diaryl/α,β-unsaturated/α-hetero) is 1. The first kappa shape index (κ1) is 15.3. The van der Waals surface area contributed by atoms with Crippen LogP contribution in [0.25, 0.3) is 0 Å². The molecule has 2 rings (SSSR count). The predicted molar refractivity (Wildman–Crippen MR) is 77.5 cm³/mol. The number of aliphatic hydroxyl groups is 2. The van der Waals surface area contributed by atoms with Crippen molar-refractivity contribution in [2.24, 2.45) is 0 Å². The van der Waals surface area contributed by atoms with E-state index in [1.165, 1.54) is 6.92 Å². The van der Waals surface area contributed by atoms with Crippen molar-refractivity contribution in [1.29, 1.82) is 0 Å². The molecule has 0 radical (unpaired) electrons. The van der Waals surface area contributed by atoms with Gasteiger partial charge in [-0.1, -0.05) is 38.1 Å². The molecule has 0 aromatic heterocycles. The zero-order valence-electron chi connectivity index (χ0n) is 12.3. The number of rotatable bonds is 4. The van der Waals surface area contributed by atoms with Gasteiger partial charge < -0.3 is 15.1 Å². The van der Waals surface area contributed by atoms with Crippen LogP contribution in [0.15, 0.2) is 35.6 Å². The van der Waals surface area contributed by atoms with Crippen LogP contribution in [0, 0.1) is 0 Å². The Bertz CT molecular complexity index is 601. The predicted octanol–water partition coefficient (Wildman–Crippen LogP) is 2.04. The summed E-state index contributed by atoms with van der Waals surface area (Å²) in [7, 11) is 0. The minimum atomic E-state index is -0.735. The van der Waals surface area contributed by atoms with E-state index in [1.54, 1.807) is 0 Å². The molecule has 1 aromatic rings. The Morgan fingerprint density at radius 1 is 1.29 bits per heavy atom. The molecule has 21 heavy (non-hydrogen) atoms. The first-order valence-electron chi connectivity index (χ1n) is 6.84. The second-order valence-electron chi connectivity index (χ2n) is 5.46. The number of hydrogen-bond acceptors (Lipinski definition) is 4. The Morgan fingerprint density at radius 2 is 1.86 bits per heavy atom. The molecule has 0 saturated heterocycles. The van der Waals surface area contributed by atoms with Gasteiger partial charge in [-0.3, -0.25) is 9.59 Å². The van der Waals surface area contributed by atoms with Crippen LogP contribution in [-0.2, 0) is 9.59 Å². The maximum Gasteiger partial charge on any atom is 0.291 e. The molecule has 5 heteroatoms. The molecule has 1 aliphatic rings. The molecule has 0 unspecified atom stereocenters. The van der Waals surface area contributed by atoms with E-state index in [0.717, 1.165) is 10.5 Å². The van der Waals surface area contributed by atoms with Gasteiger partial charge in [0.25, 0.3) is 5.91 Å². The van der Waals surface area contributed by atoms with Crippen LogP contribution in [0.5, 0.6) is 0 Å². The number of carbonyl (C=O) groups excluding carboxylic acids is 2. The maximum atomic E-state index is 11.9. The fourth-order valence-electron chi connectivity index (χ4n) is 2.57. The van der Waals surface area contributed by atoms with E-state index >= 15 is 0 Å². The van der Waals surface area contributed by atoms with Crippen LogP contribution in [0.2, 0.25) is 0 Å². The maximum absolute atomic E-state index is 11.9. The standard InChI is InChI=1S/C16H19NO4/c1-9(2)11-4-6-12(7-5-11)14-13(10(3)19)15(20)16(21)17(14)8-18/h4-7,9,14,18,20H,8H2,1-3H3/t14-/m1/s1. The SMILES string of the molecule is CC(=O)C1=C(O)C(=O)N(CO)[C@@H]1c1ccc(C(C)C)cc1. The van der Waals surface area contributed by atoms with E-state index in [-0.39, 0.29) is 11.4 Å². The Balaban J connectivity index is 2.48. The molecule has 1 aliphatic heterocycles. The van der Waals surface area contributed by atoms with Gasteiger partial charge in [-0.15, -0.1) is 0 Å². The number of nitrogens with zero attached hydrogens (tertiary/aromatic N) is 1. The molecule has 1 aromatic carbocycles. The Labute approximate surface area is 123 Å². The van der Waals surface area contributed by atoms with E-state index < -0.39 is 24.4 Å². The summed E-state index contributed by atoms with van der Waals surface area (Å²) < 4.78 is 0. The summed E-state index contributed by atoms with van der Waals surface area (Å²) in [5.74, 6) is -1.31. The van der Waals surface area contributed by atoms with Gasteiger partial charge in [0.1, 0.15) is 6.73 Å². The van der Waals surface area contributed by atoms with Crippen molar-refractivity contribution in [2.45, 2.75) is 32.7 Å². The van der Waals surface area contributed by atoms with Crippen LogP contribution in [-0.4, -0.2) is 33.5 Å². The summed E-state index contributed by atoms with van der Waals surface area (Å²) in [6.07, 6.45) is 0. The second-order valence-corrected chi connectivity index (χ2v) is 5.46. The average Bonchev–Trinajstić information content (AvgIpc) is 2.71. The number of benzene rings is 1. The van der Waals surface area contributed by atoms with Gasteiger partial charge in [-0.2, -0.15) is 0 Å². The molecule has 0 bridgehead atoms. The molecule has 5 nitrogen and oxygen atoms in total. The number of aliphatic hydroxyl groups excluding tert-OH is 2. The summed E-state index contributed by atoms with van der Waals surface area (Å²) in [6.45, 7) is 4.88. The molecule has 0 spiro atoms. The zero-order valence-corrected chi connectivity index (χ0v) is 12.3. The lowest BCUT2D eigenvalue weighted by molar-refractivity contribution is -0.133. The van der Waals surface area contributed by atoms with Gasteiger partial charge in [0.05, 0.1) is 11.6 Å². The minimum Gasteiger partial charge on any atom is -0.503 e. The van der Waals surface area contributed by atoms with E-state index in [0.29, 0.717) is 11.5 Å². The quantitative estimate of drug-likeness (QED) is 0.889. The van der Waals surface area contributed by atoms with Gasteiger partial charge in [0.2, 0.25) is 0 Å². The minimum absolute atomic E-state index is 0.0337. The van der Waals surface area contributed by atoms with Gasteiger partial charge in [0.15, 0.2) is 11.5 Å². The molecule has 1 amide bonds. The lowest BCUT2D eigenvalue weighted by Crippen LogP contribution is -2.31. The van der Waals surface area contributed by atoms with Crippen LogP contribution >= 0.6 is 0 Å². The van der Waals surface area contributed by atoms with Crippen molar-refractivity contribution >= 4 is 11.7 Å². The molecule has 2 N–H and O–H groups in total. The average molecular weight is 289 g/mol. The lowest BCUT2D eigenvalue weighted by Gasteiger charge is -2.24. The normalized spacial score (nSPS) is 18.8. The highest BCUT2D eigenvalue weighted by Gasteiger charge is 2.41. The Morgan fingerprint density at radius 3 is 2.29 bits per heavy atom. The fraction of sp³-hybridized carbons (Fsp3) is 0.375. The number of carbonyl (C=O) groups is 2. The monoisotopic (exact) mass is 289 g/mol. The smallest absolute Gasteiger partial charge is 0.291 e. The molecule has 0 aliphatic carbocycles. The highest BCUT2D eigenvalue weighted by Crippen LogP contribution is 2.37. The van der Waals surface area contributed by atoms with Crippen molar-refractivity contribution in [3.63, 3.8) is 0 Å². The second kappa shape index (κ2) is 5.69. The Hall–Kier alpha value is -2.14. The molecule has 1 heterocycles. The highest BCUT2D eigenvalue weighted by molar-refractivity contribution is 6.08. The van der Waals surface area contributed by atoms with Gasteiger partial charge in [0, 0.05) is 0 Å². The zero-order chi connectivity index (χ0) is 15.7. The van der Waals surface area contributed by atoms with Crippen LogP contribution in [0.3, 0.4) is 0 Å². The van der Waals surface area contributed by atoms with Crippen LogP contribution in [0.1, 0.15) is 43.9 Å². The van der Waals surface area contributed by atoms with Crippen LogP contribution < -0.4 is 0 Å². The van der Waals surface area contributed by atoms with E-state index in [2.05, 4.69) is 13.8 Å². The van der Waals surface area contributed by atoms with Crippen molar-refractivity contribution in [3.05, 3.63) is 46.7 Å². The number of amides is 1. The number of ketones is 1. The van der Waals surface area contributed by atoms with Crippen molar-refractivity contribution in [2.75, 3.05) is 6.73 Å². The molecule has 1 atom stereocenters. The molecular formula is C16H19NO4. The van der Waals surface area contributed by atoms with Crippen LogP contribution in [0.4, 0.5) is 0 Å². The fourth-order valence-corrected chi connectivity index (χ4v) is 2.57. The van der Waals surface area contributed by atoms with Gasteiger partial charge in [-0.05, 0) is 24.0 Å². The van der Waals surface area contributed by atoms with Crippen molar-refractivity contribution in [3.8, 4) is 0 Å². The van der Waals surface area contributed by atoms with Gasteiger partial charge in [-0.25, -0.2) is 0 Å². The Kier molecular flexibility index (Phi) is 4.14. The van der Waals surface area contributed by atoms with Crippen molar-refractivity contribution < 1.29 is 19.8 Å². The largest absolute Gasteiger partial charge is 0.503 e. The molecule has 0 fully saturated rings. The third-order valence-electron chi connectivity index (χ3n) is 3.75. The summed E-state index contributed by atoms with van der Waals surface area (Å²) in [5, 5.41) is 19.2. The van der Waals surface area contributed by atoms with E-state index in [9.17, 15) is 19.8 Å². The third-order valence-corrected chi connectivity index (χ3v) is 3.75. The third kappa shape index (κ3) is 2.56. The van der Waals surface area contributed by atoms with E-state index in [1.807, 2.05) is 24.3 Å². The summed E-state index contributed by atoms with van der Waals surface area (Å²) >= 11 is 0. The van der Waals surface area contributed by atoms with Crippen molar-refractivity contribution in [1.82, 2.24) is 4.90 Å².